The molecule has 3 aromatic carbocycles. The minimum Gasteiger partial charge on any atom is -0.453 e. The van der Waals surface area contributed by atoms with E-state index in [-0.39, 0.29) is 35.6 Å². The predicted octanol–water partition coefficient (Wildman–Crippen LogP) is 8.36. The number of methoxy groups -OCH3 is 2. The Hall–Kier alpha value is -5.77. The number of hydrogen-bond acceptors (Lipinski definition) is 9. The highest BCUT2D eigenvalue weighted by Crippen LogP contribution is 2.40. The summed E-state index contributed by atoms with van der Waals surface area (Å²) in [6.45, 7) is 7.61. The van der Waals surface area contributed by atoms with Crippen LogP contribution in [0.5, 0.6) is 5.75 Å². The van der Waals surface area contributed by atoms with Crippen molar-refractivity contribution in [3.8, 4) is 28.1 Å². The molecule has 14 nitrogen and oxygen atoms in total. The Morgan fingerprint density at radius 1 is 0.966 bits per heavy atom. The van der Waals surface area contributed by atoms with E-state index in [1.54, 1.807) is 41.3 Å². The summed E-state index contributed by atoms with van der Waals surface area (Å²) in [5, 5.41) is 4.37. The molecule has 2 aliphatic heterocycles. The number of H-pyrrole nitrogens is 2. The number of alkyl halides is 2. The van der Waals surface area contributed by atoms with Gasteiger partial charge in [-0.1, -0.05) is 38.1 Å². The third kappa shape index (κ3) is 8.82. The number of hydrogen-bond donors (Lipinski definition) is 3. The number of ether oxygens (including phenoxy) is 4. The number of carbonyl (C=O) groups excluding carboxylic acids is 3. The number of alkyl carbamates (subject to hydrolysis) is 1. The topological polar surface area (TPSA) is 164 Å². The zero-order valence-electron chi connectivity index (χ0n) is 34.3. The average Bonchev–Trinajstić information content (AvgIpc) is 4.01. The van der Waals surface area contributed by atoms with Gasteiger partial charge in [0.2, 0.25) is 5.91 Å². The smallest absolute Gasteiger partial charge is 0.410 e. The van der Waals surface area contributed by atoms with Crippen molar-refractivity contribution in [3.05, 3.63) is 66.4 Å². The second-order valence-electron chi connectivity index (χ2n) is 16.5. The van der Waals surface area contributed by atoms with Gasteiger partial charge in [-0.3, -0.25) is 9.69 Å². The second-order valence-corrected chi connectivity index (χ2v) is 16.5. The third-order valence-corrected chi connectivity index (χ3v) is 10.9. The van der Waals surface area contributed by atoms with Crippen molar-refractivity contribution in [2.45, 2.75) is 84.2 Å². The fraction of sp³-hybridized carbons (Fsp3) is 0.465. The molecule has 2 unspecified atom stereocenters. The first-order valence-corrected chi connectivity index (χ1v) is 19.8. The molecule has 2 fully saturated rings. The van der Waals surface area contributed by atoms with Crippen LogP contribution in [0.2, 0.25) is 0 Å². The largest absolute Gasteiger partial charge is 0.453 e. The normalized spacial score (nSPS) is 18.9. The van der Waals surface area contributed by atoms with Gasteiger partial charge in [0, 0.05) is 42.6 Å². The number of halogens is 2. The number of rotatable bonds is 11. The van der Waals surface area contributed by atoms with Crippen molar-refractivity contribution in [3.63, 3.8) is 0 Å². The molecule has 0 saturated carbocycles. The number of nitrogens with one attached hydrogen (secondary N) is 3. The van der Waals surface area contributed by atoms with E-state index in [9.17, 15) is 23.2 Å². The van der Waals surface area contributed by atoms with Crippen LogP contribution in [-0.4, -0.2) is 100.0 Å². The van der Waals surface area contributed by atoms with E-state index in [1.807, 2.05) is 65.0 Å². The molecule has 7 rings (SSSR count). The molecule has 4 atom stereocenters. The number of amides is 3. The van der Waals surface area contributed by atoms with Gasteiger partial charge in [-0.2, -0.15) is 8.78 Å². The minimum atomic E-state index is -3.07. The summed E-state index contributed by atoms with van der Waals surface area (Å²) in [4.78, 5) is 58.6. The van der Waals surface area contributed by atoms with E-state index < -0.39 is 30.4 Å². The Labute approximate surface area is 340 Å². The number of imidazole rings is 2. The molecule has 59 heavy (non-hydrogen) atoms. The summed E-state index contributed by atoms with van der Waals surface area (Å²) in [6, 6.07) is 13.1. The van der Waals surface area contributed by atoms with Gasteiger partial charge in [-0.05, 0) is 81.2 Å². The quantitative estimate of drug-likeness (QED) is 0.119. The molecule has 2 aliphatic rings. The average molecular weight is 816 g/mol. The van der Waals surface area contributed by atoms with Gasteiger partial charge in [-0.25, -0.2) is 19.6 Å². The molecule has 16 heteroatoms. The molecule has 3 amide bonds. The van der Waals surface area contributed by atoms with E-state index in [2.05, 4.69) is 20.3 Å². The summed E-state index contributed by atoms with van der Waals surface area (Å²) in [5.74, 6) is 0.882. The molecular formula is C43H51F2N7O7. The highest BCUT2D eigenvalue weighted by atomic mass is 19.3. The molecule has 314 valence electrons. The number of likely N-dealkylation sites (tertiary alicyclic amines) is 2. The first-order valence-electron chi connectivity index (χ1n) is 19.8. The highest BCUT2D eigenvalue weighted by Gasteiger charge is 2.40. The van der Waals surface area contributed by atoms with Crippen molar-refractivity contribution < 1.29 is 42.1 Å². The zero-order chi connectivity index (χ0) is 42.2. The van der Waals surface area contributed by atoms with Gasteiger partial charge in [-0.15, -0.1) is 0 Å². The lowest BCUT2D eigenvalue weighted by Crippen LogP contribution is -2.51. The van der Waals surface area contributed by atoms with Gasteiger partial charge in [0.15, 0.2) is 0 Å². The Morgan fingerprint density at radius 3 is 2.46 bits per heavy atom. The second kappa shape index (κ2) is 16.8. The maximum absolute atomic E-state index is 13.9. The summed E-state index contributed by atoms with van der Waals surface area (Å²) >= 11 is 0. The fourth-order valence-corrected chi connectivity index (χ4v) is 8.18. The number of carbonyl (C=O) groups is 3. The molecule has 0 spiro atoms. The van der Waals surface area contributed by atoms with E-state index in [0.717, 1.165) is 28.2 Å². The highest BCUT2D eigenvalue weighted by molar-refractivity contribution is 6.05. The van der Waals surface area contributed by atoms with Gasteiger partial charge in [0.1, 0.15) is 29.0 Å². The van der Waals surface area contributed by atoms with E-state index in [0.29, 0.717) is 66.6 Å². The van der Waals surface area contributed by atoms with Gasteiger partial charge < -0.3 is 39.1 Å². The lowest BCUT2D eigenvalue weighted by Gasteiger charge is -2.30. The summed E-state index contributed by atoms with van der Waals surface area (Å²) in [6.07, 6.45) is 2.59. The minimum absolute atomic E-state index is 0.0154. The van der Waals surface area contributed by atoms with Crippen LogP contribution in [-0.2, 0) is 19.0 Å². The molecule has 4 heterocycles. The van der Waals surface area contributed by atoms with Crippen LogP contribution >= 0.6 is 0 Å². The van der Waals surface area contributed by atoms with Gasteiger partial charge in [0.05, 0.1) is 48.7 Å². The van der Waals surface area contributed by atoms with Gasteiger partial charge >= 0.3 is 18.8 Å². The first kappa shape index (κ1) is 41.4. The van der Waals surface area contributed by atoms with Crippen molar-refractivity contribution in [2.75, 3.05) is 33.9 Å². The number of aromatic amines is 2. The molecule has 2 aromatic heterocycles. The van der Waals surface area contributed by atoms with Crippen LogP contribution in [0, 0.1) is 11.8 Å². The number of fused-ring (bicyclic) bond motifs is 3. The summed E-state index contributed by atoms with van der Waals surface area (Å²) in [5.41, 5.74) is 3.13. The first-order chi connectivity index (χ1) is 28.1. The molecule has 2 saturated heterocycles. The van der Waals surface area contributed by atoms with Gasteiger partial charge in [0.25, 0.3) is 0 Å². The Morgan fingerprint density at radius 2 is 1.75 bits per heavy atom. The Bertz CT molecular complexity index is 2340. The number of nitrogens with zero attached hydrogens (tertiary/aromatic N) is 4. The monoisotopic (exact) mass is 815 g/mol. The Balaban J connectivity index is 1.16. The molecule has 0 aliphatic carbocycles. The Kier molecular flexibility index (Phi) is 11.8. The maximum atomic E-state index is 13.9. The van der Waals surface area contributed by atoms with Crippen LogP contribution in [0.25, 0.3) is 44.2 Å². The molecule has 0 bridgehead atoms. The van der Waals surface area contributed by atoms with Crippen molar-refractivity contribution in [1.29, 1.82) is 0 Å². The maximum Gasteiger partial charge on any atom is 0.410 e. The lowest BCUT2D eigenvalue weighted by atomic mass is 9.98. The summed E-state index contributed by atoms with van der Waals surface area (Å²) in [7, 11) is 2.90. The summed E-state index contributed by atoms with van der Waals surface area (Å²) < 4.78 is 48.9. The molecule has 0 radical (unpaired) electrons. The van der Waals surface area contributed by atoms with E-state index in [4.69, 9.17) is 23.9 Å². The van der Waals surface area contributed by atoms with Crippen molar-refractivity contribution in [1.82, 2.24) is 35.1 Å². The zero-order valence-corrected chi connectivity index (χ0v) is 34.3. The predicted molar refractivity (Wildman–Crippen MR) is 217 cm³/mol. The fourth-order valence-electron chi connectivity index (χ4n) is 8.18. The third-order valence-electron chi connectivity index (χ3n) is 10.9. The number of aromatic nitrogens is 4. The SMILES string of the molecule is COC[C@H]1C[C@@H](c2nc3ccc4cc(-c5ccc(-c6cnc(C7CCCN7C(=O)C(NC(=O)OC)C(C)C)[nH]6)cc5OC(F)F)ccc4c3[nH]2)N(C(=O)OC(C)(C)C)C1. The van der Waals surface area contributed by atoms with Crippen molar-refractivity contribution in [2.24, 2.45) is 11.8 Å². The molecule has 3 N–H and O–H groups in total. The van der Waals surface area contributed by atoms with Crippen LogP contribution in [0.3, 0.4) is 0 Å². The van der Waals surface area contributed by atoms with Crippen molar-refractivity contribution >= 4 is 39.9 Å². The lowest BCUT2D eigenvalue weighted by molar-refractivity contribution is -0.135. The van der Waals surface area contributed by atoms with E-state index >= 15 is 0 Å². The standard InChI is InChI=1S/C43H51F2N7O7/c1-23(2)35(50-41(54)57-7)39(53)51-16-8-9-32(51)37-46-20-31(48-37)27-11-13-28(34(19-27)58-40(44)45)25-10-14-29-26(18-25)12-15-30-36(29)49-38(47-30)33-17-24(22-56-6)21-52(33)42(55)59-43(3,4)5/h10-15,18-20,23-24,32-33,35,40H,8-9,16-17,21-22H2,1-7H3,(H,46,48)(H,47,49)(H,50,54)/t24-,32?,33-,35?/m0/s1. The van der Waals surface area contributed by atoms with Crippen LogP contribution < -0.4 is 10.1 Å². The van der Waals surface area contributed by atoms with Crippen LogP contribution in [0.4, 0.5) is 18.4 Å². The molecular weight excluding hydrogens is 765 g/mol. The van der Waals surface area contributed by atoms with Crippen LogP contribution in [0.15, 0.2) is 54.7 Å². The van der Waals surface area contributed by atoms with Crippen LogP contribution in [0.1, 0.15) is 77.6 Å². The van der Waals surface area contributed by atoms with E-state index in [1.165, 1.54) is 7.11 Å². The number of benzene rings is 3. The molecule has 5 aromatic rings.